The van der Waals surface area contributed by atoms with Crippen molar-refractivity contribution in [1.29, 1.82) is 0 Å². The fourth-order valence-corrected chi connectivity index (χ4v) is 3.38. The number of carboxylic acids is 1. The van der Waals surface area contributed by atoms with Crippen molar-refractivity contribution >= 4 is 29.8 Å². The molecule has 1 N–H and O–H groups in total. The van der Waals surface area contributed by atoms with Crippen LogP contribution in [0.25, 0.3) is 0 Å². The molecule has 0 saturated carbocycles. The third-order valence-corrected chi connectivity index (χ3v) is 4.04. The smallest absolute Gasteiger partial charge is 0.477 e. The van der Waals surface area contributed by atoms with Crippen molar-refractivity contribution in [3.8, 4) is 0 Å². The Hall–Kier alpha value is -1.70. The van der Waals surface area contributed by atoms with Crippen molar-refractivity contribution < 1.29 is 29.0 Å². The third kappa shape index (κ3) is 1.33. The van der Waals surface area contributed by atoms with Crippen LogP contribution < -0.4 is 0 Å². The van der Waals surface area contributed by atoms with Gasteiger partial charge in [0.15, 0.2) is 6.10 Å². The van der Waals surface area contributed by atoms with Gasteiger partial charge in [-0.05, 0) is 0 Å². The first-order valence-electron chi connectivity index (χ1n) is 4.85. The van der Waals surface area contributed by atoms with Crippen LogP contribution in [-0.4, -0.2) is 46.1 Å². The zero-order valence-corrected chi connectivity index (χ0v) is 9.18. The van der Waals surface area contributed by atoms with Gasteiger partial charge in [0.25, 0.3) is 0 Å². The Balaban J connectivity index is 1.76. The number of thioether (sulfide) groups is 1. The molecule has 3 heterocycles. The van der Waals surface area contributed by atoms with Crippen LogP contribution in [0, 0.1) is 5.92 Å². The highest BCUT2D eigenvalue weighted by Gasteiger charge is 2.58. The van der Waals surface area contributed by atoms with Gasteiger partial charge in [-0.25, -0.2) is 9.59 Å². The molecule has 3 rings (SSSR count). The molecule has 8 heteroatoms. The molecule has 2 fully saturated rings. The minimum absolute atomic E-state index is 0.0218. The standard InChI is InChI=1S/C9H7NO6S/c11-6-5(4-1-15-9(14)16-4)7-10(6)3(2-17-7)8(12)13/h2,4-5,7H,1H2,(H,12,13)/t4?,5?,7-/m1/s1. The van der Waals surface area contributed by atoms with E-state index in [9.17, 15) is 14.4 Å². The van der Waals surface area contributed by atoms with Crippen LogP contribution >= 0.6 is 11.8 Å². The Morgan fingerprint density at radius 1 is 1.53 bits per heavy atom. The molecule has 0 aromatic carbocycles. The number of hydrogen-bond acceptors (Lipinski definition) is 6. The number of nitrogens with zero attached hydrogens (tertiary/aromatic N) is 1. The Kier molecular flexibility index (Phi) is 2.09. The van der Waals surface area contributed by atoms with E-state index < -0.39 is 24.1 Å². The van der Waals surface area contributed by atoms with Gasteiger partial charge in [0.2, 0.25) is 5.91 Å². The number of fused-ring (bicyclic) bond motifs is 1. The van der Waals surface area contributed by atoms with Crippen molar-refractivity contribution in [3.05, 3.63) is 11.1 Å². The number of amides is 1. The molecule has 1 amide bonds. The summed E-state index contributed by atoms with van der Waals surface area (Å²) in [6.07, 6.45) is -1.39. The van der Waals surface area contributed by atoms with Gasteiger partial charge in [0, 0.05) is 5.41 Å². The van der Waals surface area contributed by atoms with Crippen molar-refractivity contribution in [2.75, 3.05) is 6.61 Å². The largest absolute Gasteiger partial charge is 0.508 e. The lowest BCUT2D eigenvalue weighted by molar-refractivity contribution is -0.156. The minimum atomic E-state index is -1.13. The van der Waals surface area contributed by atoms with Gasteiger partial charge in [-0.2, -0.15) is 0 Å². The molecule has 0 aromatic heterocycles. The van der Waals surface area contributed by atoms with E-state index in [0.29, 0.717) is 0 Å². The van der Waals surface area contributed by atoms with Gasteiger partial charge < -0.3 is 14.6 Å². The van der Waals surface area contributed by atoms with E-state index in [2.05, 4.69) is 4.74 Å². The monoisotopic (exact) mass is 257 g/mol. The summed E-state index contributed by atoms with van der Waals surface area (Å²) in [6.45, 7) is 0.0442. The van der Waals surface area contributed by atoms with Crippen LogP contribution in [0.2, 0.25) is 0 Å². The van der Waals surface area contributed by atoms with Gasteiger partial charge in [-0.3, -0.25) is 9.69 Å². The zero-order valence-electron chi connectivity index (χ0n) is 8.36. The maximum absolute atomic E-state index is 11.8. The van der Waals surface area contributed by atoms with Gasteiger partial charge in [0.05, 0.1) is 0 Å². The fourth-order valence-electron chi connectivity index (χ4n) is 2.09. The predicted molar refractivity (Wildman–Crippen MR) is 53.7 cm³/mol. The molecule has 0 radical (unpaired) electrons. The van der Waals surface area contributed by atoms with Crippen LogP contribution in [0.3, 0.4) is 0 Å². The molecule has 90 valence electrons. The van der Waals surface area contributed by atoms with E-state index in [1.807, 2.05) is 0 Å². The first-order chi connectivity index (χ1) is 8.09. The van der Waals surface area contributed by atoms with E-state index in [4.69, 9.17) is 9.84 Å². The lowest BCUT2D eigenvalue weighted by Gasteiger charge is -2.43. The summed E-state index contributed by atoms with van der Waals surface area (Å²) in [5.74, 6) is -1.98. The first-order valence-corrected chi connectivity index (χ1v) is 5.79. The number of hydrogen-bond donors (Lipinski definition) is 1. The van der Waals surface area contributed by atoms with Crippen LogP contribution in [0.1, 0.15) is 0 Å². The summed E-state index contributed by atoms with van der Waals surface area (Å²) in [5, 5.41) is 10.00. The van der Waals surface area contributed by atoms with Crippen molar-refractivity contribution in [1.82, 2.24) is 4.90 Å². The normalized spacial score (nSPS) is 34.7. The maximum Gasteiger partial charge on any atom is 0.508 e. The zero-order chi connectivity index (χ0) is 12.2. The summed E-state index contributed by atoms with van der Waals surface area (Å²) in [6, 6.07) is 0. The highest BCUT2D eigenvalue weighted by atomic mass is 32.2. The number of carboxylic acid groups (broad SMARTS) is 1. The molecule has 17 heavy (non-hydrogen) atoms. The van der Waals surface area contributed by atoms with E-state index in [-0.39, 0.29) is 23.6 Å². The lowest BCUT2D eigenvalue weighted by atomic mass is 9.91. The van der Waals surface area contributed by atoms with Gasteiger partial charge >= 0.3 is 12.1 Å². The maximum atomic E-state index is 11.8. The second-order valence-corrected chi connectivity index (χ2v) is 4.78. The number of β-lactam (4-membered cyclic amide) rings is 1. The Labute approximate surface area is 99.3 Å². The molecule has 3 atom stereocenters. The van der Waals surface area contributed by atoms with Crippen LogP contribution in [-0.2, 0) is 19.1 Å². The third-order valence-electron chi connectivity index (χ3n) is 2.90. The van der Waals surface area contributed by atoms with E-state index >= 15 is 0 Å². The summed E-state index contributed by atoms with van der Waals surface area (Å²) in [7, 11) is 0. The van der Waals surface area contributed by atoms with Crippen LogP contribution in [0.15, 0.2) is 11.1 Å². The lowest BCUT2D eigenvalue weighted by Crippen LogP contribution is -2.61. The quantitative estimate of drug-likeness (QED) is 0.548. The van der Waals surface area contributed by atoms with E-state index in [0.717, 1.165) is 0 Å². The van der Waals surface area contributed by atoms with Gasteiger partial charge in [0.1, 0.15) is 23.6 Å². The fraction of sp³-hybridized carbons (Fsp3) is 0.444. The second-order valence-electron chi connectivity index (χ2n) is 3.79. The number of aliphatic carboxylic acids is 1. The Bertz CT molecular complexity index is 460. The summed E-state index contributed by atoms with van der Waals surface area (Å²) in [4.78, 5) is 34.6. The number of ether oxygens (including phenoxy) is 2. The van der Waals surface area contributed by atoms with E-state index in [1.54, 1.807) is 0 Å². The molecule has 0 aliphatic carbocycles. The predicted octanol–water partition coefficient (Wildman–Crippen LogP) is -0.0209. The Morgan fingerprint density at radius 3 is 2.88 bits per heavy atom. The van der Waals surface area contributed by atoms with Gasteiger partial charge in [-0.15, -0.1) is 11.8 Å². The Morgan fingerprint density at radius 2 is 2.29 bits per heavy atom. The highest BCUT2D eigenvalue weighted by Crippen LogP contribution is 2.47. The number of rotatable bonds is 2. The molecule has 0 bridgehead atoms. The first kappa shape index (κ1) is 10.5. The topological polar surface area (TPSA) is 93.1 Å². The molecular weight excluding hydrogens is 250 g/mol. The van der Waals surface area contributed by atoms with Crippen molar-refractivity contribution in [2.24, 2.45) is 5.92 Å². The summed E-state index contributed by atoms with van der Waals surface area (Å²) < 4.78 is 9.47. The van der Waals surface area contributed by atoms with E-state index in [1.165, 1.54) is 22.1 Å². The summed E-state index contributed by atoms with van der Waals surface area (Å²) in [5.41, 5.74) is -0.0218. The van der Waals surface area contributed by atoms with Gasteiger partial charge in [-0.1, -0.05) is 0 Å². The number of carbonyl (C=O) groups excluding carboxylic acids is 2. The number of carbonyl (C=O) groups is 3. The number of cyclic esters (lactones) is 2. The molecule has 0 aromatic rings. The van der Waals surface area contributed by atoms with Crippen LogP contribution in [0.5, 0.6) is 0 Å². The average molecular weight is 257 g/mol. The van der Waals surface area contributed by atoms with Crippen molar-refractivity contribution in [2.45, 2.75) is 11.5 Å². The molecular formula is C9H7NO6S. The molecule has 3 aliphatic rings. The molecule has 2 unspecified atom stereocenters. The molecule has 2 saturated heterocycles. The molecule has 3 aliphatic heterocycles. The SMILES string of the molecule is O=C1OCC(C2C(=O)N3C(C(=O)O)=CS[C@H]23)O1. The van der Waals surface area contributed by atoms with Crippen molar-refractivity contribution in [3.63, 3.8) is 0 Å². The van der Waals surface area contributed by atoms with Crippen LogP contribution in [0.4, 0.5) is 4.79 Å². The molecule has 0 spiro atoms. The highest BCUT2D eigenvalue weighted by molar-refractivity contribution is 8.03. The molecule has 7 nitrogen and oxygen atoms in total. The average Bonchev–Trinajstić information content (AvgIpc) is 2.83. The summed E-state index contributed by atoms with van der Waals surface area (Å²) >= 11 is 1.24. The minimum Gasteiger partial charge on any atom is -0.477 e. The second kappa shape index (κ2) is 3.39.